The highest BCUT2D eigenvalue weighted by Gasteiger charge is 2.05. The summed E-state index contributed by atoms with van der Waals surface area (Å²) in [6, 6.07) is 0. The minimum absolute atomic E-state index is 0.149. The zero-order valence-corrected chi connectivity index (χ0v) is 9.49. The molecular formula is C12H16N2O2. The summed E-state index contributed by atoms with van der Waals surface area (Å²) in [5.41, 5.74) is 11.2. The van der Waals surface area contributed by atoms with Crippen LogP contribution in [0.1, 0.15) is 13.8 Å². The highest BCUT2D eigenvalue weighted by atomic mass is 16.1. The first-order valence-corrected chi connectivity index (χ1v) is 4.69. The maximum atomic E-state index is 11.2. The first-order chi connectivity index (χ1) is 7.38. The fraction of sp³-hybridized carbons (Fsp3) is 0.167. The molecule has 0 aromatic carbocycles. The minimum Gasteiger partial charge on any atom is -0.399 e. The third-order valence-corrected chi connectivity index (χ3v) is 1.69. The van der Waals surface area contributed by atoms with Crippen molar-refractivity contribution in [1.82, 2.24) is 0 Å². The van der Waals surface area contributed by atoms with Crippen LogP contribution in [0.25, 0.3) is 0 Å². The van der Waals surface area contributed by atoms with Crippen molar-refractivity contribution in [3.05, 3.63) is 47.7 Å². The van der Waals surface area contributed by atoms with E-state index in [1.807, 2.05) is 0 Å². The largest absolute Gasteiger partial charge is 0.399 e. The van der Waals surface area contributed by atoms with Crippen molar-refractivity contribution in [1.29, 1.82) is 0 Å². The van der Waals surface area contributed by atoms with Gasteiger partial charge in [-0.3, -0.25) is 9.59 Å². The van der Waals surface area contributed by atoms with E-state index in [2.05, 4.69) is 6.58 Å². The smallest absolute Gasteiger partial charge is 0.248 e. The van der Waals surface area contributed by atoms with Gasteiger partial charge in [-0.1, -0.05) is 18.7 Å². The number of carbonyl (C=O) groups is 2. The lowest BCUT2D eigenvalue weighted by Gasteiger charge is -2.00. The predicted molar refractivity (Wildman–Crippen MR) is 64.2 cm³/mol. The molecule has 0 aliphatic carbocycles. The van der Waals surface area contributed by atoms with Crippen molar-refractivity contribution in [3.63, 3.8) is 0 Å². The number of hydrogen-bond donors (Lipinski definition) is 2. The molecule has 4 heteroatoms. The zero-order chi connectivity index (χ0) is 12.7. The number of rotatable bonds is 5. The zero-order valence-electron chi connectivity index (χ0n) is 9.49. The molecule has 0 atom stereocenters. The van der Waals surface area contributed by atoms with E-state index >= 15 is 0 Å². The number of amides is 1. The second-order valence-corrected chi connectivity index (χ2v) is 3.19. The van der Waals surface area contributed by atoms with Gasteiger partial charge in [0, 0.05) is 16.8 Å². The van der Waals surface area contributed by atoms with Gasteiger partial charge in [-0.2, -0.15) is 0 Å². The molecule has 0 saturated carbocycles. The first-order valence-electron chi connectivity index (χ1n) is 4.69. The van der Waals surface area contributed by atoms with Crippen LogP contribution in [0.15, 0.2) is 47.7 Å². The highest BCUT2D eigenvalue weighted by molar-refractivity contribution is 6.01. The van der Waals surface area contributed by atoms with Crippen molar-refractivity contribution in [2.24, 2.45) is 11.5 Å². The molecule has 0 aliphatic rings. The van der Waals surface area contributed by atoms with Crippen LogP contribution in [0.3, 0.4) is 0 Å². The van der Waals surface area contributed by atoms with Crippen molar-refractivity contribution >= 4 is 11.7 Å². The lowest BCUT2D eigenvalue weighted by molar-refractivity contribution is -0.114. The number of primary amides is 1. The van der Waals surface area contributed by atoms with Gasteiger partial charge < -0.3 is 11.5 Å². The maximum Gasteiger partial charge on any atom is 0.248 e. The highest BCUT2D eigenvalue weighted by Crippen LogP contribution is 2.07. The van der Waals surface area contributed by atoms with Crippen LogP contribution in [0, 0.1) is 0 Å². The van der Waals surface area contributed by atoms with Gasteiger partial charge in [0.2, 0.25) is 5.91 Å². The molecule has 0 aromatic heterocycles. The summed E-state index contributed by atoms with van der Waals surface area (Å²) in [6.45, 7) is 6.61. The summed E-state index contributed by atoms with van der Waals surface area (Å²) in [4.78, 5) is 22.3. The predicted octanol–water partition coefficient (Wildman–Crippen LogP) is 0.962. The summed E-state index contributed by atoms with van der Waals surface area (Å²) in [7, 11) is 0. The fourth-order valence-electron chi connectivity index (χ4n) is 0.998. The molecule has 1 amide bonds. The third kappa shape index (κ3) is 4.95. The Kier molecular flexibility index (Phi) is 5.56. The second-order valence-electron chi connectivity index (χ2n) is 3.19. The lowest BCUT2D eigenvalue weighted by atomic mass is 10.1. The number of allylic oxidation sites excluding steroid dienone is 4. The average Bonchev–Trinajstić information content (AvgIpc) is 2.14. The van der Waals surface area contributed by atoms with Crippen LogP contribution in [0.5, 0.6) is 0 Å². The van der Waals surface area contributed by atoms with Crippen LogP contribution < -0.4 is 11.5 Å². The third-order valence-electron chi connectivity index (χ3n) is 1.69. The summed E-state index contributed by atoms with van der Waals surface area (Å²) >= 11 is 0. The van der Waals surface area contributed by atoms with Crippen LogP contribution >= 0.6 is 0 Å². The van der Waals surface area contributed by atoms with Gasteiger partial charge in [-0.05, 0) is 26.0 Å². The van der Waals surface area contributed by atoms with E-state index in [1.165, 1.54) is 19.1 Å². The van der Waals surface area contributed by atoms with Gasteiger partial charge in [-0.15, -0.1) is 0 Å². The van der Waals surface area contributed by atoms with Crippen LogP contribution in [-0.4, -0.2) is 11.7 Å². The topological polar surface area (TPSA) is 86.2 Å². The molecule has 0 saturated heterocycles. The Balaban J connectivity index is 5.40. The Bertz CT molecular complexity index is 401. The molecule has 16 heavy (non-hydrogen) atoms. The molecule has 0 aliphatic heterocycles. The molecule has 4 N–H and O–H groups in total. The monoisotopic (exact) mass is 220 g/mol. The van der Waals surface area contributed by atoms with Crippen molar-refractivity contribution in [3.8, 4) is 0 Å². The molecule has 0 spiro atoms. The van der Waals surface area contributed by atoms with Gasteiger partial charge >= 0.3 is 0 Å². The Morgan fingerprint density at radius 2 is 1.69 bits per heavy atom. The van der Waals surface area contributed by atoms with E-state index in [9.17, 15) is 9.59 Å². The molecule has 86 valence electrons. The van der Waals surface area contributed by atoms with E-state index in [0.717, 1.165) is 0 Å². The van der Waals surface area contributed by atoms with Crippen LogP contribution in [0.2, 0.25) is 0 Å². The van der Waals surface area contributed by atoms with Crippen molar-refractivity contribution in [2.45, 2.75) is 13.8 Å². The average molecular weight is 220 g/mol. The van der Waals surface area contributed by atoms with Gasteiger partial charge in [-0.25, -0.2) is 0 Å². The number of carbonyl (C=O) groups excluding carboxylic acids is 2. The van der Waals surface area contributed by atoms with Gasteiger partial charge in [0.05, 0.1) is 0 Å². The Morgan fingerprint density at radius 3 is 2.00 bits per heavy atom. The summed E-state index contributed by atoms with van der Waals surface area (Å²) in [6.07, 6.45) is 6.01. The SMILES string of the molecule is C=C(N)\C=C(/C=C(\C=C/C)C(C)=O)C(N)=O. The van der Waals surface area contributed by atoms with E-state index in [4.69, 9.17) is 11.5 Å². The van der Waals surface area contributed by atoms with Crippen LogP contribution in [0.4, 0.5) is 0 Å². The normalized spacial score (nSPS) is 12.9. The number of ketones is 1. The van der Waals surface area contributed by atoms with Crippen molar-refractivity contribution in [2.75, 3.05) is 0 Å². The quantitative estimate of drug-likeness (QED) is 0.534. The van der Waals surface area contributed by atoms with E-state index in [1.54, 1.807) is 19.1 Å². The van der Waals surface area contributed by atoms with E-state index in [-0.39, 0.29) is 17.1 Å². The molecule has 0 heterocycles. The summed E-state index contributed by atoms with van der Waals surface area (Å²) < 4.78 is 0. The molecule has 0 fully saturated rings. The van der Waals surface area contributed by atoms with Gasteiger partial charge in [0.15, 0.2) is 5.78 Å². The molecule has 0 radical (unpaired) electrons. The van der Waals surface area contributed by atoms with Crippen molar-refractivity contribution < 1.29 is 9.59 Å². The molecule has 0 aromatic rings. The maximum absolute atomic E-state index is 11.2. The Labute approximate surface area is 95.0 Å². The molecule has 0 unspecified atom stereocenters. The van der Waals surface area contributed by atoms with Crippen LogP contribution in [-0.2, 0) is 9.59 Å². The number of Topliss-reactive ketones (excluding diaryl/α,β-unsaturated/α-hetero) is 1. The Morgan fingerprint density at radius 1 is 1.12 bits per heavy atom. The minimum atomic E-state index is -0.658. The molecule has 0 rings (SSSR count). The second kappa shape index (κ2) is 6.40. The van der Waals surface area contributed by atoms with Gasteiger partial charge in [0.25, 0.3) is 0 Å². The molecular weight excluding hydrogens is 204 g/mol. The summed E-state index contributed by atoms with van der Waals surface area (Å²) in [5.74, 6) is -0.817. The molecule has 4 nitrogen and oxygen atoms in total. The standard InChI is InChI=1S/C12H16N2O2/c1-4-5-10(9(3)15)7-11(12(14)16)6-8(2)13/h4-7H,2,13H2,1,3H3,(H2,14,16)/b5-4-,10-7+,11-6+. The van der Waals surface area contributed by atoms with Gasteiger partial charge in [0.1, 0.15) is 0 Å². The number of hydrogen-bond acceptors (Lipinski definition) is 3. The number of nitrogens with two attached hydrogens (primary N) is 2. The first kappa shape index (κ1) is 13.9. The van der Waals surface area contributed by atoms with E-state index < -0.39 is 5.91 Å². The summed E-state index contributed by atoms with van der Waals surface area (Å²) in [5, 5.41) is 0. The van der Waals surface area contributed by atoms with E-state index in [0.29, 0.717) is 5.57 Å². The lowest BCUT2D eigenvalue weighted by Crippen LogP contribution is -2.14. The Hall–Kier alpha value is -2.10. The molecule has 0 bridgehead atoms. The fourth-order valence-corrected chi connectivity index (χ4v) is 0.998.